The molecular formula is C16H33N3O. The van der Waals surface area contributed by atoms with E-state index < -0.39 is 0 Å². The molecule has 1 aliphatic rings. The summed E-state index contributed by atoms with van der Waals surface area (Å²) in [5, 5.41) is 0. The van der Waals surface area contributed by atoms with E-state index in [2.05, 4.69) is 39.5 Å². The maximum Gasteiger partial charge on any atom is 0.222 e. The molecule has 0 aliphatic carbocycles. The largest absolute Gasteiger partial charge is 0.340 e. The Balaban J connectivity index is 2.36. The van der Waals surface area contributed by atoms with Crippen molar-refractivity contribution in [2.24, 2.45) is 23.0 Å². The molecule has 0 saturated carbocycles. The number of hydrogen-bond acceptors (Lipinski definition) is 3. The van der Waals surface area contributed by atoms with Gasteiger partial charge in [0.15, 0.2) is 0 Å². The zero-order valence-corrected chi connectivity index (χ0v) is 14.0. The van der Waals surface area contributed by atoms with Gasteiger partial charge in [0.1, 0.15) is 0 Å². The minimum atomic E-state index is 0.202. The molecule has 1 fully saturated rings. The van der Waals surface area contributed by atoms with E-state index >= 15 is 0 Å². The molecule has 1 heterocycles. The Labute approximate surface area is 124 Å². The van der Waals surface area contributed by atoms with Crippen LogP contribution in [0.15, 0.2) is 0 Å². The normalized spacial score (nSPS) is 20.8. The van der Waals surface area contributed by atoms with Gasteiger partial charge >= 0.3 is 0 Å². The molecule has 2 unspecified atom stereocenters. The summed E-state index contributed by atoms with van der Waals surface area (Å²) < 4.78 is 0. The van der Waals surface area contributed by atoms with E-state index in [-0.39, 0.29) is 5.41 Å². The van der Waals surface area contributed by atoms with Gasteiger partial charge in [0, 0.05) is 39.1 Å². The van der Waals surface area contributed by atoms with Crippen molar-refractivity contribution in [1.29, 1.82) is 0 Å². The number of carbonyl (C=O) groups is 1. The van der Waals surface area contributed by atoms with Crippen LogP contribution in [-0.4, -0.2) is 55.0 Å². The Kier molecular flexibility index (Phi) is 6.46. The fraction of sp³-hybridized carbons (Fsp3) is 0.938. The molecule has 0 aromatic heterocycles. The monoisotopic (exact) mass is 283 g/mol. The molecule has 0 spiro atoms. The van der Waals surface area contributed by atoms with Gasteiger partial charge in [-0.3, -0.25) is 9.69 Å². The fourth-order valence-electron chi connectivity index (χ4n) is 2.39. The van der Waals surface area contributed by atoms with Crippen molar-refractivity contribution in [1.82, 2.24) is 9.80 Å². The molecule has 4 heteroatoms. The highest BCUT2D eigenvalue weighted by molar-refractivity contribution is 5.76. The van der Waals surface area contributed by atoms with E-state index in [0.717, 1.165) is 39.3 Å². The lowest BCUT2D eigenvalue weighted by Crippen LogP contribution is -2.50. The van der Waals surface area contributed by atoms with Crippen LogP contribution in [0.5, 0.6) is 0 Å². The first-order valence-corrected chi connectivity index (χ1v) is 7.94. The predicted octanol–water partition coefficient (Wildman–Crippen LogP) is 1.80. The van der Waals surface area contributed by atoms with Crippen LogP contribution in [0.2, 0.25) is 0 Å². The molecule has 20 heavy (non-hydrogen) atoms. The molecule has 1 saturated heterocycles. The number of rotatable bonds is 5. The van der Waals surface area contributed by atoms with Crippen molar-refractivity contribution in [2.45, 2.75) is 41.0 Å². The molecule has 0 bridgehead atoms. The number of nitrogens with zero attached hydrogens (tertiary/aromatic N) is 2. The Morgan fingerprint density at radius 1 is 1.15 bits per heavy atom. The second kappa shape index (κ2) is 7.41. The zero-order chi connectivity index (χ0) is 15.3. The number of carbonyl (C=O) groups excluding carboxylic acids is 1. The first-order valence-electron chi connectivity index (χ1n) is 7.94. The SMILES string of the molecule is CC(CN)CN1CCN(C(=O)CC(C)C(C)(C)C)CC1. The molecule has 1 rings (SSSR count). The molecule has 0 aromatic rings. The Morgan fingerprint density at radius 3 is 2.15 bits per heavy atom. The van der Waals surface area contributed by atoms with E-state index in [0.29, 0.717) is 24.2 Å². The van der Waals surface area contributed by atoms with Crippen LogP contribution < -0.4 is 5.73 Å². The third kappa shape index (κ3) is 5.41. The quantitative estimate of drug-likeness (QED) is 0.837. The average Bonchev–Trinajstić information content (AvgIpc) is 2.38. The summed E-state index contributed by atoms with van der Waals surface area (Å²) >= 11 is 0. The fourth-order valence-corrected chi connectivity index (χ4v) is 2.39. The number of nitrogens with two attached hydrogens (primary N) is 1. The highest BCUT2D eigenvalue weighted by Gasteiger charge is 2.27. The molecule has 0 radical (unpaired) electrons. The van der Waals surface area contributed by atoms with E-state index in [1.165, 1.54) is 0 Å². The van der Waals surface area contributed by atoms with Crippen LogP contribution in [0.3, 0.4) is 0 Å². The third-order valence-corrected chi connectivity index (χ3v) is 4.66. The van der Waals surface area contributed by atoms with Crippen molar-refractivity contribution in [2.75, 3.05) is 39.3 Å². The molecular weight excluding hydrogens is 250 g/mol. The van der Waals surface area contributed by atoms with Crippen LogP contribution in [-0.2, 0) is 4.79 Å². The Hall–Kier alpha value is -0.610. The maximum absolute atomic E-state index is 12.3. The second-order valence-electron chi connectivity index (χ2n) is 7.49. The summed E-state index contributed by atoms with van der Waals surface area (Å²) in [5.41, 5.74) is 5.87. The highest BCUT2D eigenvalue weighted by atomic mass is 16.2. The lowest BCUT2D eigenvalue weighted by atomic mass is 9.80. The molecule has 1 aliphatic heterocycles. The Morgan fingerprint density at radius 2 is 1.70 bits per heavy atom. The molecule has 118 valence electrons. The van der Waals surface area contributed by atoms with Crippen LogP contribution in [0.25, 0.3) is 0 Å². The van der Waals surface area contributed by atoms with Crippen LogP contribution in [0, 0.1) is 17.3 Å². The summed E-state index contributed by atoms with van der Waals surface area (Å²) in [6.45, 7) is 16.5. The molecule has 0 aromatic carbocycles. The summed E-state index contributed by atoms with van der Waals surface area (Å²) in [6.07, 6.45) is 0.669. The smallest absolute Gasteiger partial charge is 0.222 e. The topological polar surface area (TPSA) is 49.6 Å². The van der Waals surface area contributed by atoms with Gasteiger partial charge in [-0.25, -0.2) is 0 Å². The zero-order valence-electron chi connectivity index (χ0n) is 14.0. The van der Waals surface area contributed by atoms with Crippen LogP contribution in [0.4, 0.5) is 0 Å². The number of amides is 1. The Bertz CT molecular complexity index is 303. The van der Waals surface area contributed by atoms with Gasteiger partial charge in [0.05, 0.1) is 0 Å². The average molecular weight is 283 g/mol. The predicted molar refractivity (Wildman–Crippen MR) is 84.5 cm³/mol. The van der Waals surface area contributed by atoms with E-state index in [9.17, 15) is 4.79 Å². The van der Waals surface area contributed by atoms with Gasteiger partial charge in [0.25, 0.3) is 0 Å². The van der Waals surface area contributed by atoms with Gasteiger partial charge < -0.3 is 10.6 Å². The number of hydrogen-bond donors (Lipinski definition) is 1. The van der Waals surface area contributed by atoms with Crippen molar-refractivity contribution < 1.29 is 4.79 Å². The van der Waals surface area contributed by atoms with Gasteiger partial charge in [-0.05, 0) is 23.8 Å². The van der Waals surface area contributed by atoms with E-state index in [4.69, 9.17) is 5.73 Å². The lowest BCUT2D eigenvalue weighted by Gasteiger charge is -2.37. The molecule has 4 nitrogen and oxygen atoms in total. The summed E-state index contributed by atoms with van der Waals surface area (Å²) in [6, 6.07) is 0. The van der Waals surface area contributed by atoms with Gasteiger partial charge in [-0.15, -0.1) is 0 Å². The molecule has 2 atom stereocenters. The van der Waals surface area contributed by atoms with Crippen molar-refractivity contribution in [3.8, 4) is 0 Å². The first-order chi connectivity index (χ1) is 9.24. The first kappa shape index (κ1) is 17.4. The summed E-state index contributed by atoms with van der Waals surface area (Å²) in [5.74, 6) is 1.28. The lowest BCUT2D eigenvalue weighted by molar-refractivity contribution is -0.134. The van der Waals surface area contributed by atoms with Crippen molar-refractivity contribution in [3.05, 3.63) is 0 Å². The van der Waals surface area contributed by atoms with E-state index in [1.807, 2.05) is 4.90 Å². The van der Waals surface area contributed by atoms with Crippen LogP contribution in [0.1, 0.15) is 41.0 Å². The highest BCUT2D eigenvalue weighted by Crippen LogP contribution is 2.28. The number of piperazine rings is 1. The molecule has 1 amide bonds. The second-order valence-corrected chi connectivity index (χ2v) is 7.49. The molecule has 2 N–H and O–H groups in total. The standard InChI is InChI=1S/C16H33N3O/c1-13(11-17)12-18-6-8-19(9-7-18)15(20)10-14(2)16(3,4)5/h13-14H,6-12,17H2,1-5H3. The van der Waals surface area contributed by atoms with E-state index in [1.54, 1.807) is 0 Å². The van der Waals surface area contributed by atoms with Crippen LogP contribution >= 0.6 is 0 Å². The van der Waals surface area contributed by atoms with Gasteiger partial charge in [-0.1, -0.05) is 34.6 Å². The minimum absolute atomic E-state index is 0.202. The third-order valence-electron chi connectivity index (χ3n) is 4.66. The van der Waals surface area contributed by atoms with Crippen molar-refractivity contribution in [3.63, 3.8) is 0 Å². The van der Waals surface area contributed by atoms with Gasteiger partial charge in [-0.2, -0.15) is 0 Å². The van der Waals surface area contributed by atoms with Gasteiger partial charge in [0.2, 0.25) is 5.91 Å². The summed E-state index contributed by atoms with van der Waals surface area (Å²) in [7, 11) is 0. The van der Waals surface area contributed by atoms with Crippen molar-refractivity contribution >= 4 is 5.91 Å². The summed E-state index contributed by atoms with van der Waals surface area (Å²) in [4.78, 5) is 16.8. The maximum atomic E-state index is 12.3. The minimum Gasteiger partial charge on any atom is -0.340 e.